The molecule has 2 aromatic heterocycles. The molecule has 4 rings (SSSR count). The Kier molecular flexibility index (Phi) is 6.13. The maximum atomic E-state index is 10.2. The van der Waals surface area contributed by atoms with E-state index in [1.165, 1.54) is 0 Å². The molecule has 0 bridgehead atoms. The first-order valence-electron chi connectivity index (χ1n) is 10.8. The molecule has 31 heavy (non-hydrogen) atoms. The Balaban J connectivity index is 1.63. The summed E-state index contributed by atoms with van der Waals surface area (Å²) in [6, 6.07) is 5.97. The number of fused-ring (bicyclic) bond motifs is 1. The molecule has 2 heterocycles. The van der Waals surface area contributed by atoms with E-state index in [1.54, 1.807) is 31.6 Å². The first kappa shape index (κ1) is 21.2. The number of aromatic hydroxyl groups is 1. The third-order valence-corrected chi connectivity index (χ3v) is 5.82. The Morgan fingerprint density at radius 3 is 2.71 bits per heavy atom. The SMILES string of the molecule is COc1ccc(O)c(CNc2nc(NC3CCC(N)CC3)nc3c2ncn3C(C)C)c1. The van der Waals surface area contributed by atoms with E-state index in [4.69, 9.17) is 20.4 Å². The van der Waals surface area contributed by atoms with Gasteiger partial charge in [0.05, 0.1) is 13.4 Å². The maximum Gasteiger partial charge on any atom is 0.227 e. The predicted molar refractivity (Wildman–Crippen MR) is 122 cm³/mol. The molecule has 1 saturated carbocycles. The third kappa shape index (κ3) is 4.66. The fraction of sp³-hybridized carbons (Fsp3) is 0.500. The van der Waals surface area contributed by atoms with Crippen molar-refractivity contribution in [3.05, 3.63) is 30.1 Å². The van der Waals surface area contributed by atoms with Gasteiger partial charge >= 0.3 is 0 Å². The monoisotopic (exact) mass is 425 g/mol. The first-order valence-corrected chi connectivity index (χ1v) is 10.8. The highest BCUT2D eigenvalue weighted by Crippen LogP contribution is 2.28. The van der Waals surface area contributed by atoms with Crippen molar-refractivity contribution in [3.63, 3.8) is 0 Å². The number of methoxy groups -OCH3 is 1. The molecule has 0 unspecified atom stereocenters. The zero-order chi connectivity index (χ0) is 22.0. The van der Waals surface area contributed by atoms with Crippen LogP contribution in [0.4, 0.5) is 11.8 Å². The number of hydrogen-bond donors (Lipinski definition) is 4. The molecule has 3 aromatic rings. The Morgan fingerprint density at radius 2 is 2.00 bits per heavy atom. The molecular weight excluding hydrogens is 394 g/mol. The van der Waals surface area contributed by atoms with Crippen molar-refractivity contribution in [3.8, 4) is 11.5 Å². The van der Waals surface area contributed by atoms with E-state index in [9.17, 15) is 5.11 Å². The van der Waals surface area contributed by atoms with Gasteiger partial charge in [-0.1, -0.05) is 0 Å². The highest BCUT2D eigenvalue weighted by molar-refractivity contribution is 5.84. The molecule has 9 heteroatoms. The van der Waals surface area contributed by atoms with Crippen molar-refractivity contribution in [2.45, 2.75) is 64.2 Å². The molecule has 0 spiro atoms. The summed E-state index contributed by atoms with van der Waals surface area (Å²) in [7, 11) is 1.60. The molecule has 1 aromatic carbocycles. The number of phenolic OH excluding ortho intramolecular Hbond substituents is 1. The number of aromatic nitrogens is 4. The lowest BCUT2D eigenvalue weighted by atomic mass is 9.92. The van der Waals surface area contributed by atoms with Gasteiger partial charge in [0.25, 0.3) is 0 Å². The van der Waals surface area contributed by atoms with Crippen molar-refractivity contribution >= 4 is 22.9 Å². The van der Waals surface area contributed by atoms with Gasteiger partial charge in [0.2, 0.25) is 5.95 Å². The third-order valence-electron chi connectivity index (χ3n) is 5.82. The van der Waals surface area contributed by atoms with Gasteiger partial charge in [0, 0.05) is 30.2 Å². The van der Waals surface area contributed by atoms with Crippen molar-refractivity contribution in [2.24, 2.45) is 5.73 Å². The molecular formula is C22H31N7O2. The van der Waals surface area contributed by atoms with E-state index < -0.39 is 0 Å². The molecule has 0 aliphatic heterocycles. The summed E-state index contributed by atoms with van der Waals surface area (Å²) >= 11 is 0. The van der Waals surface area contributed by atoms with E-state index in [0.29, 0.717) is 41.2 Å². The van der Waals surface area contributed by atoms with Crippen LogP contribution >= 0.6 is 0 Å². The Bertz CT molecular complexity index is 1040. The number of phenols is 1. The van der Waals surface area contributed by atoms with Crippen LogP contribution in [0.3, 0.4) is 0 Å². The fourth-order valence-electron chi connectivity index (χ4n) is 3.94. The molecule has 0 atom stereocenters. The Morgan fingerprint density at radius 1 is 1.23 bits per heavy atom. The van der Waals surface area contributed by atoms with Gasteiger partial charge in [0.15, 0.2) is 17.0 Å². The highest BCUT2D eigenvalue weighted by atomic mass is 16.5. The number of nitrogens with one attached hydrogen (secondary N) is 2. The predicted octanol–water partition coefficient (Wildman–Crippen LogP) is 3.42. The molecule has 166 valence electrons. The van der Waals surface area contributed by atoms with E-state index in [-0.39, 0.29) is 17.8 Å². The van der Waals surface area contributed by atoms with Crippen LogP contribution in [0.1, 0.15) is 51.1 Å². The fourth-order valence-corrected chi connectivity index (χ4v) is 3.94. The average Bonchev–Trinajstić information content (AvgIpc) is 3.19. The number of rotatable bonds is 7. The minimum absolute atomic E-state index is 0.197. The summed E-state index contributed by atoms with van der Waals surface area (Å²) in [6.45, 7) is 4.57. The van der Waals surface area contributed by atoms with Gasteiger partial charge in [-0.3, -0.25) is 0 Å². The van der Waals surface area contributed by atoms with E-state index in [2.05, 4.69) is 29.5 Å². The summed E-state index contributed by atoms with van der Waals surface area (Å²) in [4.78, 5) is 14.0. The summed E-state index contributed by atoms with van der Waals surface area (Å²) in [5, 5.41) is 17.0. The van der Waals surface area contributed by atoms with Crippen LogP contribution in [0.25, 0.3) is 11.2 Å². The molecule has 0 saturated heterocycles. The van der Waals surface area contributed by atoms with E-state index in [1.807, 2.05) is 4.57 Å². The molecule has 0 amide bonds. The number of benzene rings is 1. The number of nitrogens with zero attached hydrogens (tertiary/aromatic N) is 4. The summed E-state index contributed by atoms with van der Waals surface area (Å²) in [5.74, 6) is 2.09. The van der Waals surface area contributed by atoms with Crippen LogP contribution in [-0.2, 0) is 6.54 Å². The second kappa shape index (κ2) is 8.97. The van der Waals surface area contributed by atoms with Crippen LogP contribution in [0.2, 0.25) is 0 Å². The number of nitrogens with two attached hydrogens (primary N) is 1. The van der Waals surface area contributed by atoms with Crippen molar-refractivity contribution in [1.82, 2.24) is 19.5 Å². The van der Waals surface area contributed by atoms with Crippen molar-refractivity contribution in [1.29, 1.82) is 0 Å². The second-order valence-corrected chi connectivity index (χ2v) is 8.42. The van der Waals surface area contributed by atoms with Gasteiger partial charge in [-0.05, 0) is 57.7 Å². The van der Waals surface area contributed by atoms with Crippen LogP contribution in [0, 0.1) is 0 Å². The number of imidazole rings is 1. The average molecular weight is 426 g/mol. The zero-order valence-corrected chi connectivity index (χ0v) is 18.3. The smallest absolute Gasteiger partial charge is 0.227 e. The van der Waals surface area contributed by atoms with Crippen molar-refractivity contribution in [2.75, 3.05) is 17.7 Å². The van der Waals surface area contributed by atoms with E-state index in [0.717, 1.165) is 31.3 Å². The second-order valence-electron chi connectivity index (χ2n) is 8.42. The molecule has 0 radical (unpaired) electrons. The normalized spacial score (nSPS) is 19.0. The number of anilines is 2. The molecule has 1 aliphatic rings. The van der Waals surface area contributed by atoms with Crippen LogP contribution in [0.5, 0.6) is 11.5 Å². The van der Waals surface area contributed by atoms with Crippen molar-refractivity contribution < 1.29 is 9.84 Å². The van der Waals surface area contributed by atoms with E-state index >= 15 is 0 Å². The van der Waals surface area contributed by atoms with Gasteiger partial charge < -0.3 is 30.8 Å². The van der Waals surface area contributed by atoms with Crippen LogP contribution in [0.15, 0.2) is 24.5 Å². The zero-order valence-electron chi connectivity index (χ0n) is 18.3. The lowest BCUT2D eigenvalue weighted by Gasteiger charge is -2.27. The van der Waals surface area contributed by atoms with Gasteiger partial charge in [-0.25, -0.2) is 4.98 Å². The topological polar surface area (TPSA) is 123 Å². The minimum atomic E-state index is 0.197. The summed E-state index contributed by atoms with van der Waals surface area (Å²) in [6.07, 6.45) is 5.81. The molecule has 9 nitrogen and oxygen atoms in total. The van der Waals surface area contributed by atoms with Gasteiger partial charge in [-0.15, -0.1) is 0 Å². The Hall–Kier alpha value is -3.07. The first-order chi connectivity index (χ1) is 14.9. The minimum Gasteiger partial charge on any atom is -0.508 e. The lowest BCUT2D eigenvalue weighted by Crippen LogP contribution is -2.33. The quantitative estimate of drug-likeness (QED) is 0.454. The Labute approximate surface area is 182 Å². The lowest BCUT2D eigenvalue weighted by molar-refractivity contribution is 0.410. The number of ether oxygens (including phenoxy) is 1. The highest BCUT2D eigenvalue weighted by Gasteiger charge is 2.21. The number of hydrogen-bond acceptors (Lipinski definition) is 8. The molecule has 1 aliphatic carbocycles. The standard InChI is InChI=1S/C22H31N7O2/c1-13(2)29-12-25-19-20(24-11-14-10-17(31-3)8-9-18(14)30)27-22(28-21(19)29)26-16-6-4-15(23)5-7-16/h8-10,12-13,15-16,30H,4-7,11,23H2,1-3H3,(H2,24,26,27,28). The summed E-state index contributed by atoms with van der Waals surface area (Å²) in [5.41, 5.74) is 8.24. The molecule has 5 N–H and O–H groups in total. The van der Waals surface area contributed by atoms with Crippen LogP contribution < -0.4 is 21.1 Å². The van der Waals surface area contributed by atoms with Gasteiger partial charge in [0.1, 0.15) is 11.5 Å². The maximum absolute atomic E-state index is 10.2. The molecule has 1 fully saturated rings. The largest absolute Gasteiger partial charge is 0.508 e. The summed E-state index contributed by atoms with van der Waals surface area (Å²) < 4.78 is 7.31. The van der Waals surface area contributed by atoms with Gasteiger partial charge in [-0.2, -0.15) is 9.97 Å². The van der Waals surface area contributed by atoms with Crippen LogP contribution in [-0.4, -0.2) is 43.8 Å².